The van der Waals surface area contributed by atoms with Gasteiger partial charge >= 0.3 is 0 Å². The highest BCUT2D eigenvalue weighted by Gasteiger charge is 2.44. The van der Waals surface area contributed by atoms with Gasteiger partial charge < -0.3 is 5.32 Å². The van der Waals surface area contributed by atoms with E-state index >= 15 is 0 Å². The fourth-order valence-corrected chi connectivity index (χ4v) is 3.76. The molecule has 2 nitrogen and oxygen atoms in total. The molecule has 16 heavy (non-hydrogen) atoms. The van der Waals surface area contributed by atoms with E-state index in [-0.39, 0.29) is 0 Å². The quantitative estimate of drug-likeness (QED) is 0.735. The van der Waals surface area contributed by atoms with Crippen LogP contribution in [0.25, 0.3) is 0 Å². The van der Waals surface area contributed by atoms with Crippen LogP contribution in [0.4, 0.5) is 0 Å². The van der Waals surface area contributed by atoms with Crippen molar-refractivity contribution in [2.45, 2.75) is 56.5 Å². The van der Waals surface area contributed by atoms with Gasteiger partial charge in [0.25, 0.3) is 0 Å². The molecule has 2 heteroatoms. The second-order valence-corrected chi connectivity index (χ2v) is 5.36. The Labute approximate surface area is 100 Å². The highest BCUT2D eigenvalue weighted by molar-refractivity contribution is 5.10. The molecule has 1 saturated carbocycles. The van der Waals surface area contributed by atoms with Gasteiger partial charge in [-0.1, -0.05) is 25.3 Å². The van der Waals surface area contributed by atoms with Crippen LogP contribution in [-0.2, 0) is 0 Å². The van der Waals surface area contributed by atoms with Crippen LogP contribution in [0.1, 0.15) is 44.9 Å². The average molecular weight is 222 g/mol. The fraction of sp³-hybridized carbons (Fsp3) is 0.857. The minimum atomic E-state index is 0.386. The van der Waals surface area contributed by atoms with Gasteiger partial charge in [-0.05, 0) is 45.8 Å². The summed E-state index contributed by atoms with van der Waals surface area (Å²) < 4.78 is 0. The molecule has 0 bridgehead atoms. The van der Waals surface area contributed by atoms with Crippen molar-refractivity contribution in [3.8, 4) is 0 Å². The number of hydrogen-bond donors (Lipinski definition) is 1. The molecular formula is C14H26N2. The lowest BCUT2D eigenvalue weighted by molar-refractivity contribution is 0.0522. The van der Waals surface area contributed by atoms with Crippen LogP contribution in [0, 0.1) is 0 Å². The first-order chi connectivity index (χ1) is 7.83. The first-order valence-corrected chi connectivity index (χ1v) is 6.88. The molecule has 0 spiro atoms. The summed E-state index contributed by atoms with van der Waals surface area (Å²) in [5.74, 6) is 0. The zero-order valence-electron chi connectivity index (χ0n) is 10.7. The van der Waals surface area contributed by atoms with Gasteiger partial charge in [-0.3, -0.25) is 4.90 Å². The third-order valence-electron chi connectivity index (χ3n) is 4.58. The Balaban J connectivity index is 2.15. The van der Waals surface area contributed by atoms with E-state index in [9.17, 15) is 0 Å². The number of hydrogen-bond acceptors (Lipinski definition) is 2. The van der Waals surface area contributed by atoms with Gasteiger partial charge in [-0.25, -0.2) is 0 Å². The summed E-state index contributed by atoms with van der Waals surface area (Å²) >= 11 is 0. The molecule has 0 radical (unpaired) electrons. The van der Waals surface area contributed by atoms with Crippen molar-refractivity contribution in [2.24, 2.45) is 0 Å². The van der Waals surface area contributed by atoms with Gasteiger partial charge in [-0.2, -0.15) is 0 Å². The van der Waals surface area contributed by atoms with Crippen LogP contribution in [0.2, 0.25) is 0 Å². The maximum absolute atomic E-state index is 4.03. The van der Waals surface area contributed by atoms with E-state index in [0.29, 0.717) is 11.6 Å². The van der Waals surface area contributed by atoms with Gasteiger partial charge in [0, 0.05) is 11.6 Å². The largest absolute Gasteiger partial charge is 0.312 e. The molecular weight excluding hydrogens is 196 g/mol. The first kappa shape index (κ1) is 12.1. The predicted octanol–water partition coefficient (Wildman–Crippen LogP) is 2.56. The smallest absolute Gasteiger partial charge is 0.0431 e. The van der Waals surface area contributed by atoms with Crippen LogP contribution in [-0.4, -0.2) is 36.6 Å². The summed E-state index contributed by atoms with van der Waals surface area (Å²) in [6.45, 7) is 6.62. The Morgan fingerprint density at radius 3 is 2.25 bits per heavy atom. The first-order valence-electron chi connectivity index (χ1n) is 6.88. The number of nitrogens with zero attached hydrogens (tertiary/aromatic N) is 1. The molecule has 2 fully saturated rings. The maximum Gasteiger partial charge on any atom is 0.0431 e. The second kappa shape index (κ2) is 5.33. The Morgan fingerprint density at radius 2 is 1.75 bits per heavy atom. The summed E-state index contributed by atoms with van der Waals surface area (Å²) in [5, 5.41) is 3.47. The molecule has 1 atom stereocenters. The van der Waals surface area contributed by atoms with E-state index in [4.69, 9.17) is 0 Å². The number of piperidine rings is 1. The Bertz CT molecular complexity index is 225. The fourth-order valence-electron chi connectivity index (χ4n) is 3.76. The lowest BCUT2D eigenvalue weighted by Crippen LogP contribution is -2.59. The van der Waals surface area contributed by atoms with Crippen molar-refractivity contribution in [3.63, 3.8) is 0 Å². The van der Waals surface area contributed by atoms with Crippen LogP contribution < -0.4 is 5.32 Å². The average Bonchev–Trinajstić information content (AvgIpc) is 2.82. The lowest BCUT2D eigenvalue weighted by Gasteiger charge is -2.47. The van der Waals surface area contributed by atoms with E-state index in [2.05, 4.69) is 29.9 Å². The molecule has 1 aliphatic carbocycles. The van der Waals surface area contributed by atoms with Gasteiger partial charge in [-0.15, -0.1) is 6.58 Å². The zero-order valence-corrected chi connectivity index (χ0v) is 10.7. The van der Waals surface area contributed by atoms with Crippen molar-refractivity contribution >= 4 is 0 Å². The number of nitrogens with one attached hydrogen (secondary N) is 1. The van der Waals surface area contributed by atoms with Gasteiger partial charge in [0.2, 0.25) is 0 Å². The Morgan fingerprint density at radius 1 is 1.12 bits per heavy atom. The van der Waals surface area contributed by atoms with Crippen molar-refractivity contribution in [2.75, 3.05) is 20.1 Å². The van der Waals surface area contributed by atoms with Gasteiger partial charge in [0.15, 0.2) is 0 Å². The Kier molecular flexibility index (Phi) is 4.04. The summed E-state index contributed by atoms with van der Waals surface area (Å²) in [4.78, 5) is 2.76. The van der Waals surface area contributed by atoms with Crippen LogP contribution in [0.15, 0.2) is 12.7 Å². The van der Waals surface area contributed by atoms with Crippen molar-refractivity contribution in [1.29, 1.82) is 0 Å². The molecule has 2 rings (SSSR count). The molecule has 0 amide bonds. The van der Waals surface area contributed by atoms with E-state index in [1.165, 1.54) is 58.0 Å². The van der Waals surface area contributed by atoms with E-state index < -0.39 is 0 Å². The van der Waals surface area contributed by atoms with Crippen molar-refractivity contribution in [3.05, 3.63) is 12.7 Å². The third-order valence-corrected chi connectivity index (χ3v) is 4.58. The zero-order chi connectivity index (χ0) is 11.4. The monoisotopic (exact) mass is 222 g/mol. The summed E-state index contributed by atoms with van der Waals surface area (Å²) in [7, 11) is 2.08. The van der Waals surface area contributed by atoms with E-state index in [1.807, 2.05) is 0 Å². The Hall–Kier alpha value is -0.340. The molecule has 1 saturated heterocycles. The minimum absolute atomic E-state index is 0.386. The highest BCUT2D eigenvalue weighted by atomic mass is 15.2. The topological polar surface area (TPSA) is 15.3 Å². The van der Waals surface area contributed by atoms with Crippen molar-refractivity contribution in [1.82, 2.24) is 10.2 Å². The molecule has 0 aromatic heterocycles. The van der Waals surface area contributed by atoms with E-state index in [0.717, 1.165) is 0 Å². The molecule has 92 valence electrons. The van der Waals surface area contributed by atoms with Crippen LogP contribution in [0.5, 0.6) is 0 Å². The van der Waals surface area contributed by atoms with Crippen LogP contribution in [0.3, 0.4) is 0 Å². The van der Waals surface area contributed by atoms with Gasteiger partial charge in [0.05, 0.1) is 0 Å². The normalized spacial score (nSPS) is 27.8. The number of likely N-dealkylation sites (tertiary alicyclic amines) is 1. The molecule has 2 aliphatic rings. The predicted molar refractivity (Wildman–Crippen MR) is 69.7 cm³/mol. The van der Waals surface area contributed by atoms with Gasteiger partial charge in [0.1, 0.15) is 0 Å². The van der Waals surface area contributed by atoms with Crippen LogP contribution >= 0.6 is 0 Å². The highest BCUT2D eigenvalue weighted by Crippen LogP contribution is 2.39. The molecule has 1 heterocycles. The third kappa shape index (κ3) is 2.05. The molecule has 1 unspecified atom stereocenters. The SMILES string of the molecule is C=CC(NC)C1(N2CCCCC2)CCCC1. The molecule has 0 aromatic rings. The molecule has 1 aliphatic heterocycles. The lowest BCUT2D eigenvalue weighted by atomic mass is 9.84. The maximum atomic E-state index is 4.03. The van der Waals surface area contributed by atoms with E-state index in [1.54, 1.807) is 0 Å². The minimum Gasteiger partial charge on any atom is -0.312 e. The number of likely N-dealkylation sites (N-methyl/N-ethyl adjacent to an activating group) is 1. The summed E-state index contributed by atoms with van der Waals surface area (Å²) in [6.07, 6.45) is 11.8. The second-order valence-electron chi connectivity index (χ2n) is 5.36. The van der Waals surface area contributed by atoms with Crippen molar-refractivity contribution < 1.29 is 0 Å². The number of rotatable bonds is 4. The standard InChI is InChI=1S/C14H26N2/c1-3-13(15-2)14(9-5-6-10-14)16-11-7-4-8-12-16/h3,13,15H,1,4-12H2,2H3. The molecule has 1 N–H and O–H groups in total. The molecule has 0 aromatic carbocycles. The summed E-state index contributed by atoms with van der Waals surface area (Å²) in [6, 6.07) is 0.466. The summed E-state index contributed by atoms with van der Waals surface area (Å²) in [5.41, 5.74) is 0.386.